The third-order valence-electron chi connectivity index (χ3n) is 2.91. The van der Waals surface area contributed by atoms with Crippen molar-refractivity contribution in [2.75, 3.05) is 23.5 Å². The highest BCUT2D eigenvalue weighted by molar-refractivity contribution is 5.70. The molecule has 0 spiro atoms. The minimum absolute atomic E-state index is 0.377. The molecule has 0 atom stereocenters. The molecule has 3 heterocycles. The number of H-pyrrole nitrogens is 2. The van der Waals surface area contributed by atoms with Crippen molar-refractivity contribution in [3.63, 3.8) is 0 Å². The van der Waals surface area contributed by atoms with Crippen molar-refractivity contribution in [2.24, 2.45) is 0 Å². The maximum absolute atomic E-state index is 11.7. The molecule has 0 saturated heterocycles. The molecule has 18 heavy (non-hydrogen) atoms. The van der Waals surface area contributed by atoms with Crippen LogP contribution in [-0.4, -0.2) is 23.7 Å². The largest absolute Gasteiger partial charge is 0.467 e. The van der Waals surface area contributed by atoms with E-state index in [1.165, 1.54) is 0 Å². The first-order valence-corrected chi connectivity index (χ1v) is 5.50. The monoisotopic (exact) mass is 248 g/mol. The highest BCUT2D eigenvalue weighted by Crippen LogP contribution is 2.29. The Morgan fingerprint density at radius 3 is 2.94 bits per heavy atom. The van der Waals surface area contributed by atoms with E-state index < -0.39 is 5.69 Å². The van der Waals surface area contributed by atoms with Crippen LogP contribution in [0.1, 0.15) is 5.76 Å². The Morgan fingerprint density at radius 2 is 2.22 bits per heavy atom. The van der Waals surface area contributed by atoms with Crippen molar-refractivity contribution in [1.29, 1.82) is 0 Å². The number of furan rings is 1. The van der Waals surface area contributed by atoms with Crippen LogP contribution in [0.15, 0.2) is 32.4 Å². The Bertz CT molecular complexity index is 670. The van der Waals surface area contributed by atoms with E-state index in [1.54, 1.807) is 24.3 Å². The molecule has 2 aromatic rings. The van der Waals surface area contributed by atoms with Crippen LogP contribution in [0, 0.1) is 0 Å². The van der Waals surface area contributed by atoms with Gasteiger partial charge in [-0.05, 0) is 12.1 Å². The van der Waals surface area contributed by atoms with Gasteiger partial charge in [-0.1, -0.05) is 0 Å². The zero-order valence-electron chi connectivity index (χ0n) is 9.77. The van der Waals surface area contributed by atoms with E-state index in [0.29, 0.717) is 24.7 Å². The summed E-state index contributed by atoms with van der Waals surface area (Å²) in [5.74, 6) is 1.31. The molecule has 2 N–H and O–H groups in total. The number of aromatic nitrogens is 2. The average Bonchev–Trinajstić information content (AvgIpc) is 2.88. The van der Waals surface area contributed by atoms with Crippen molar-refractivity contribution >= 4 is 11.5 Å². The Labute approximate surface area is 102 Å². The predicted octanol–water partition coefficient (Wildman–Crippen LogP) is 0.0701. The molecular formula is C11H12N4O3. The second kappa shape index (κ2) is 3.80. The number of aromatic amines is 2. The first-order valence-electron chi connectivity index (χ1n) is 5.50. The van der Waals surface area contributed by atoms with Crippen LogP contribution in [0.4, 0.5) is 11.5 Å². The summed E-state index contributed by atoms with van der Waals surface area (Å²) in [6, 6.07) is 3.65. The number of hydrogen-bond acceptors (Lipinski definition) is 5. The summed E-state index contributed by atoms with van der Waals surface area (Å²) in [5.41, 5.74) is -0.405. The van der Waals surface area contributed by atoms with Crippen LogP contribution >= 0.6 is 0 Å². The molecule has 1 aliphatic heterocycles. The number of hydrogen-bond donors (Lipinski definition) is 2. The molecule has 0 bridgehead atoms. The van der Waals surface area contributed by atoms with Gasteiger partial charge >= 0.3 is 5.69 Å². The molecule has 0 radical (unpaired) electrons. The van der Waals surface area contributed by atoms with Gasteiger partial charge in [0.05, 0.1) is 19.5 Å². The number of nitrogens with one attached hydrogen (secondary N) is 2. The van der Waals surface area contributed by atoms with Crippen molar-refractivity contribution in [1.82, 2.24) is 9.97 Å². The van der Waals surface area contributed by atoms with Crippen LogP contribution in [0.5, 0.6) is 0 Å². The minimum atomic E-state index is -0.501. The maximum Gasteiger partial charge on any atom is 0.327 e. The highest BCUT2D eigenvalue weighted by atomic mass is 16.3. The fourth-order valence-corrected chi connectivity index (χ4v) is 2.17. The first-order chi connectivity index (χ1) is 8.65. The average molecular weight is 248 g/mol. The summed E-state index contributed by atoms with van der Waals surface area (Å²) >= 11 is 0. The Morgan fingerprint density at radius 1 is 1.39 bits per heavy atom. The van der Waals surface area contributed by atoms with Gasteiger partial charge in [0.15, 0.2) is 0 Å². The van der Waals surface area contributed by atoms with Gasteiger partial charge in [0.25, 0.3) is 5.56 Å². The van der Waals surface area contributed by atoms with E-state index in [0.717, 1.165) is 5.76 Å². The van der Waals surface area contributed by atoms with Crippen LogP contribution in [0.3, 0.4) is 0 Å². The lowest BCUT2D eigenvalue weighted by molar-refractivity contribution is 0.503. The van der Waals surface area contributed by atoms with Gasteiger partial charge in [-0.3, -0.25) is 14.8 Å². The molecule has 2 aromatic heterocycles. The van der Waals surface area contributed by atoms with E-state index in [2.05, 4.69) is 9.97 Å². The summed E-state index contributed by atoms with van der Waals surface area (Å²) in [5, 5.41) is 0. The Kier molecular flexibility index (Phi) is 2.26. The summed E-state index contributed by atoms with van der Waals surface area (Å²) in [6.07, 6.45) is 1.59. The van der Waals surface area contributed by atoms with Crippen molar-refractivity contribution in [3.05, 3.63) is 45.0 Å². The molecule has 0 amide bonds. The van der Waals surface area contributed by atoms with Crippen molar-refractivity contribution in [3.8, 4) is 0 Å². The third-order valence-corrected chi connectivity index (χ3v) is 2.91. The molecule has 0 saturated carbocycles. The lowest BCUT2D eigenvalue weighted by Crippen LogP contribution is -2.28. The SMILES string of the molecule is CN1CN(Cc2ccco2)c2[nH]c(=O)[nH]c(=O)c21. The molecule has 3 rings (SSSR count). The molecule has 0 fully saturated rings. The van der Waals surface area contributed by atoms with Gasteiger partial charge < -0.3 is 14.2 Å². The maximum atomic E-state index is 11.7. The third kappa shape index (κ3) is 1.60. The van der Waals surface area contributed by atoms with E-state index in [1.807, 2.05) is 11.0 Å². The van der Waals surface area contributed by atoms with Crippen LogP contribution in [0.25, 0.3) is 0 Å². The molecule has 0 unspecified atom stereocenters. The van der Waals surface area contributed by atoms with Crippen LogP contribution in [-0.2, 0) is 6.54 Å². The van der Waals surface area contributed by atoms with Crippen molar-refractivity contribution in [2.45, 2.75) is 6.54 Å². The lowest BCUT2D eigenvalue weighted by atomic mass is 10.4. The minimum Gasteiger partial charge on any atom is -0.467 e. The summed E-state index contributed by atoms with van der Waals surface area (Å²) in [6.45, 7) is 1.03. The smallest absolute Gasteiger partial charge is 0.327 e. The van der Waals surface area contributed by atoms with Gasteiger partial charge in [0.2, 0.25) is 0 Å². The van der Waals surface area contributed by atoms with Gasteiger partial charge in [-0.15, -0.1) is 0 Å². The highest BCUT2D eigenvalue weighted by Gasteiger charge is 2.27. The molecule has 94 valence electrons. The lowest BCUT2D eigenvalue weighted by Gasteiger charge is -2.16. The van der Waals surface area contributed by atoms with Crippen LogP contribution in [0.2, 0.25) is 0 Å². The summed E-state index contributed by atoms with van der Waals surface area (Å²) in [4.78, 5) is 31.6. The topological polar surface area (TPSA) is 85.3 Å². The van der Waals surface area contributed by atoms with Crippen molar-refractivity contribution < 1.29 is 4.42 Å². The standard InChI is InChI=1S/C11H12N4O3/c1-14-6-15(5-7-3-2-4-18-7)9-8(14)10(16)13-11(17)12-9/h2-4H,5-6H2,1H3,(H2,12,13,16,17). The predicted molar refractivity (Wildman–Crippen MR) is 65.8 cm³/mol. The van der Waals surface area contributed by atoms with E-state index in [-0.39, 0.29) is 5.56 Å². The first kappa shape index (κ1) is 10.7. The number of fused-ring (bicyclic) bond motifs is 1. The Hall–Kier alpha value is -2.44. The van der Waals surface area contributed by atoms with Gasteiger partial charge in [0, 0.05) is 7.05 Å². The number of nitrogens with zero attached hydrogens (tertiary/aromatic N) is 2. The zero-order valence-corrected chi connectivity index (χ0v) is 9.77. The second-order valence-electron chi connectivity index (χ2n) is 4.22. The number of anilines is 2. The molecule has 0 aromatic carbocycles. The normalized spacial score (nSPS) is 14.1. The summed E-state index contributed by atoms with van der Waals surface area (Å²) in [7, 11) is 1.80. The van der Waals surface area contributed by atoms with Gasteiger partial charge in [-0.25, -0.2) is 4.79 Å². The van der Waals surface area contributed by atoms with E-state index in [9.17, 15) is 9.59 Å². The Balaban J connectivity index is 2.03. The van der Waals surface area contributed by atoms with Gasteiger partial charge in [0.1, 0.15) is 17.3 Å². The fourth-order valence-electron chi connectivity index (χ4n) is 2.17. The van der Waals surface area contributed by atoms with Crippen LogP contribution < -0.4 is 21.0 Å². The fraction of sp³-hybridized carbons (Fsp3) is 0.273. The van der Waals surface area contributed by atoms with Gasteiger partial charge in [-0.2, -0.15) is 0 Å². The molecule has 7 heteroatoms. The summed E-state index contributed by atoms with van der Waals surface area (Å²) < 4.78 is 5.27. The quantitative estimate of drug-likeness (QED) is 0.785. The van der Waals surface area contributed by atoms with E-state index >= 15 is 0 Å². The molecule has 0 aliphatic carbocycles. The number of rotatable bonds is 2. The molecule has 1 aliphatic rings. The zero-order chi connectivity index (χ0) is 12.7. The second-order valence-corrected chi connectivity index (χ2v) is 4.22. The van der Waals surface area contributed by atoms with E-state index in [4.69, 9.17) is 4.42 Å². The molecule has 7 nitrogen and oxygen atoms in total. The molecular weight excluding hydrogens is 236 g/mol.